The van der Waals surface area contributed by atoms with Gasteiger partial charge >= 0.3 is 0 Å². The van der Waals surface area contributed by atoms with Crippen molar-refractivity contribution in [1.29, 1.82) is 0 Å². The van der Waals surface area contributed by atoms with Gasteiger partial charge in [-0.25, -0.2) is 21.1 Å². The van der Waals surface area contributed by atoms with Gasteiger partial charge in [0, 0.05) is 30.2 Å². The van der Waals surface area contributed by atoms with Crippen LogP contribution in [0, 0.1) is 0 Å². The van der Waals surface area contributed by atoms with E-state index in [4.69, 9.17) is 34.8 Å². The van der Waals surface area contributed by atoms with E-state index in [0.29, 0.717) is 16.5 Å². The van der Waals surface area contributed by atoms with Crippen LogP contribution in [0.3, 0.4) is 0 Å². The Kier molecular flexibility index (Phi) is 8.46. The number of rotatable bonds is 9. The molecule has 11 heteroatoms. The molecule has 0 radical (unpaired) electrons. The maximum Gasteiger partial charge on any atom is 0.264 e. The molecule has 2 aromatic rings. The summed E-state index contributed by atoms with van der Waals surface area (Å²) in [7, 11) is -4.49. The zero-order valence-electron chi connectivity index (χ0n) is 16.7. The summed E-state index contributed by atoms with van der Waals surface area (Å²) in [6.45, 7) is 1.70. The Bertz CT molecular complexity index is 1090. The molecule has 0 aliphatic carbocycles. The van der Waals surface area contributed by atoms with Crippen molar-refractivity contribution in [2.45, 2.75) is 30.7 Å². The average Bonchev–Trinajstić information content (AvgIpc) is 2.64. The van der Waals surface area contributed by atoms with E-state index >= 15 is 0 Å². The summed E-state index contributed by atoms with van der Waals surface area (Å²) in [4.78, 5) is 0.0377. The normalized spacial score (nSPS) is 13.4. The molecule has 2 rings (SSSR count). The molecule has 0 heterocycles. The Morgan fingerprint density at radius 3 is 2.03 bits per heavy atom. The Hall–Kier alpha value is -1.03. The first-order chi connectivity index (χ1) is 13.9. The SMILES string of the molecule is C[C@H](CCCS(=O)(=O)N(C)C)N(c1cc(Cl)ccc1Cl)S(=O)(=O)c1ccc(Cl)cc1. The first kappa shape index (κ1) is 25.2. The maximum absolute atomic E-state index is 13.5. The number of anilines is 1. The van der Waals surface area contributed by atoms with Crippen molar-refractivity contribution in [2.24, 2.45) is 0 Å². The molecule has 0 N–H and O–H groups in total. The molecule has 6 nitrogen and oxygen atoms in total. The summed E-state index contributed by atoms with van der Waals surface area (Å²) in [6.07, 6.45) is 0.565. The van der Waals surface area contributed by atoms with Gasteiger partial charge in [0.2, 0.25) is 10.0 Å². The predicted octanol–water partition coefficient (Wildman–Crippen LogP) is 4.90. The predicted molar refractivity (Wildman–Crippen MR) is 124 cm³/mol. The first-order valence-corrected chi connectivity index (χ1v) is 13.2. The monoisotopic (exact) mass is 512 g/mol. The van der Waals surface area contributed by atoms with E-state index in [1.165, 1.54) is 54.8 Å². The Balaban J connectivity index is 2.44. The van der Waals surface area contributed by atoms with Gasteiger partial charge in [-0.05, 0) is 62.2 Å². The van der Waals surface area contributed by atoms with E-state index in [1.807, 2.05) is 0 Å². The van der Waals surface area contributed by atoms with Crippen LogP contribution in [-0.2, 0) is 20.0 Å². The molecule has 0 unspecified atom stereocenters. The van der Waals surface area contributed by atoms with Crippen molar-refractivity contribution < 1.29 is 16.8 Å². The summed E-state index contributed by atoms with van der Waals surface area (Å²) in [5.74, 6) is -0.0948. The van der Waals surface area contributed by atoms with Crippen LogP contribution in [0.4, 0.5) is 5.69 Å². The molecule has 0 aliphatic rings. The summed E-state index contributed by atoms with van der Waals surface area (Å²) >= 11 is 18.3. The van der Waals surface area contributed by atoms with Gasteiger partial charge in [-0.15, -0.1) is 0 Å². The number of hydrogen-bond acceptors (Lipinski definition) is 4. The van der Waals surface area contributed by atoms with E-state index in [-0.39, 0.29) is 27.8 Å². The lowest BCUT2D eigenvalue weighted by molar-refractivity contribution is 0.514. The highest BCUT2D eigenvalue weighted by atomic mass is 35.5. The van der Waals surface area contributed by atoms with E-state index in [2.05, 4.69) is 0 Å². The van der Waals surface area contributed by atoms with Gasteiger partial charge in [0.05, 0.1) is 21.4 Å². The lowest BCUT2D eigenvalue weighted by atomic mass is 10.2. The van der Waals surface area contributed by atoms with Crippen molar-refractivity contribution in [1.82, 2.24) is 4.31 Å². The molecule has 0 spiro atoms. The van der Waals surface area contributed by atoms with Crippen LogP contribution in [0.25, 0.3) is 0 Å². The fourth-order valence-corrected chi connectivity index (χ4v) is 5.98. The summed E-state index contributed by atoms with van der Waals surface area (Å²) in [6, 6.07) is 9.77. The second-order valence-electron chi connectivity index (χ2n) is 6.94. The minimum absolute atomic E-state index is 0.0377. The molecule has 2 aromatic carbocycles. The van der Waals surface area contributed by atoms with Gasteiger partial charge in [-0.1, -0.05) is 34.8 Å². The first-order valence-electron chi connectivity index (χ1n) is 9.01. The third kappa shape index (κ3) is 6.02. The van der Waals surface area contributed by atoms with Crippen LogP contribution in [-0.4, -0.2) is 47.0 Å². The minimum Gasteiger partial charge on any atom is -0.262 e. The second kappa shape index (κ2) is 10.1. The van der Waals surface area contributed by atoms with Crippen molar-refractivity contribution in [3.63, 3.8) is 0 Å². The van der Waals surface area contributed by atoms with Gasteiger partial charge in [0.1, 0.15) is 0 Å². The second-order valence-corrected chi connectivity index (χ2v) is 12.3. The molecule has 0 aliphatic heterocycles. The van der Waals surface area contributed by atoms with Gasteiger partial charge in [-0.2, -0.15) is 0 Å². The van der Waals surface area contributed by atoms with E-state index in [1.54, 1.807) is 13.0 Å². The van der Waals surface area contributed by atoms with Gasteiger partial charge in [0.25, 0.3) is 10.0 Å². The van der Waals surface area contributed by atoms with Gasteiger partial charge < -0.3 is 0 Å². The van der Waals surface area contributed by atoms with Crippen LogP contribution >= 0.6 is 34.8 Å². The lowest BCUT2D eigenvalue weighted by Gasteiger charge is -2.31. The lowest BCUT2D eigenvalue weighted by Crippen LogP contribution is -2.39. The molecule has 30 heavy (non-hydrogen) atoms. The Morgan fingerprint density at radius 2 is 1.47 bits per heavy atom. The molecular formula is C19H23Cl3N2O4S2. The molecular weight excluding hydrogens is 491 g/mol. The van der Waals surface area contributed by atoms with Crippen molar-refractivity contribution >= 4 is 60.5 Å². The standard InChI is InChI=1S/C19H23Cl3N2O4S2/c1-14(5-4-12-29(25,26)23(2)3)24(19-13-16(21)8-11-18(19)22)30(27,28)17-9-6-15(20)7-10-17/h6-11,13-14H,4-5,12H2,1-3H3/t14-/m1/s1. The highest BCUT2D eigenvalue weighted by Gasteiger charge is 2.31. The summed E-state index contributed by atoms with van der Waals surface area (Å²) < 4.78 is 53.4. The molecule has 1 atom stereocenters. The molecule has 0 fully saturated rings. The Labute approximate surface area is 193 Å². The van der Waals surface area contributed by atoms with Crippen LogP contribution < -0.4 is 4.31 Å². The van der Waals surface area contributed by atoms with E-state index in [9.17, 15) is 16.8 Å². The zero-order valence-corrected chi connectivity index (χ0v) is 20.6. The topological polar surface area (TPSA) is 74.8 Å². The van der Waals surface area contributed by atoms with Crippen molar-refractivity contribution in [2.75, 3.05) is 24.2 Å². The minimum atomic E-state index is -4.02. The smallest absolute Gasteiger partial charge is 0.262 e. The average molecular weight is 514 g/mol. The fourth-order valence-electron chi connectivity index (χ4n) is 2.84. The molecule has 0 saturated heterocycles. The Morgan fingerprint density at radius 1 is 0.900 bits per heavy atom. The number of benzene rings is 2. The number of sulfonamides is 2. The molecule has 166 valence electrons. The quantitative estimate of drug-likeness (QED) is 0.478. The van der Waals surface area contributed by atoms with Crippen LogP contribution in [0.5, 0.6) is 0 Å². The summed E-state index contributed by atoms with van der Waals surface area (Å²) in [5, 5.41) is 0.945. The highest BCUT2D eigenvalue weighted by Crippen LogP contribution is 2.35. The summed E-state index contributed by atoms with van der Waals surface area (Å²) in [5.41, 5.74) is 0.224. The fraction of sp³-hybridized carbons (Fsp3) is 0.368. The van der Waals surface area contributed by atoms with Gasteiger partial charge in [-0.3, -0.25) is 4.31 Å². The van der Waals surface area contributed by atoms with E-state index in [0.717, 1.165) is 4.31 Å². The largest absolute Gasteiger partial charge is 0.264 e. The number of nitrogens with zero attached hydrogens (tertiary/aromatic N) is 2. The van der Waals surface area contributed by atoms with Crippen molar-refractivity contribution in [3.8, 4) is 0 Å². The van der Waals surface area contributed by atoms with Crippen LogP contribution in [0.2, 0.25) is 15.1 Å². The highest BCUT2D eigenvalue weighted by molar-refractivity contribution is 7.93. The van der Waals surface area contributed by atoms with Crippen LogP contribution in [0.15, 0.2) is 47.4 Å². The molecule has 0 amide bonds. The molecule has 0 saturated carbocycles. The van der Waals surface area contributed by atoms with Gasteiger partial charge in [0.15, 0.2) is 0 Å². The zero-order chi connectivity index (χ0) is 22.7. The van der Waals surface area contributed by atoms with Crippen molar-refractivity contribution in [3.05, 3.63) is 57.5 Å². The third-order valence-corrected chi connectivity index (χ3v) is 9.16. The molecule has 0 bridgehead atoms. The number of hydrogen-bond donors (Lipinski definition) is 0. The third-order valence-electron chi connectivity index (χ3n) is 4.50. The maximum atomic E-state index is 13.5. The van der Waals surface area contributed by atoms with E-state index < -0.39 is 26.1 Å². The molecule has 0 aromatic heterocycles. The number of halogens is 3. The van der Waals surface area contributed by atoms with Crippen LogP contribution in [0.1, 0.15) is 19.8 Å².